The third kappa shape index (κ3) is 6.72. The van der Waals surface area contributed by atoms with Crippen LogP contribution in [0.25, 0.3) is 6.08 Å². The normalized spacial score (nSPS) is 11.6. The van der Waals surface area contributed by atoms with E-state index in [0.29, 0.717) is 24.1 Å². The molecule has 0 spiro atoms. The predicted molar refractivity (Wildman–Crippen MR) is 106 cm³/mol. The molecule has 0 radical (unpaired) electrons. The molecule has 2 aromatic rings. The lowest BCUT2D eigenvalue weighted by molar-refractivity contribution is -0.150. The van der Waals surface area contributed by atoms with E-state index in [1.165, 1.54) is 20.1 Å². The molecule has 1 atom stereocenters. The Morgan fingerprint density at radius 1 is 1.04 bits per heavy atom. The van der Waals surface area contributed by atoms with Gasteiger partial charge in [-0.15, -0.1) is 0 Å². The van der Waals surface area contributed by atoms with E-state index in [9.17, 15) is 14.4 Å². The highest BCUT2D eigenvalue weighted by molar-refractivity contribution is 5.91. The highest BCUT2D eigenvalue weighted by atomic mass is 16.5. The summed E-state index contributed by atoms with van der Waals surface area (Å²) in [6.07, 6.45) is 2.59. The summed E-state index contributed by atoms with van der Waals surface area (Å²) in [5.41, 5.74) is 2.25. The summed E-state index contributed by atoms with van der Waals surface area (Å²) in [7, 11) is 1.31. The molecule has 0 aliphatic carbocycles. The molecular formula is C22H23NO5. The van der Waals surface area contributed by atoms with E-state index in [1.807, 2.05) is 30.3 Å². The van der Waals surface area contributed by atoms with Gasteiger partial charge in [-0.3, -0.25) is 4.79 Å². The Morgan fingerprint density at radius 2 is 1.71 bits per heavy atom. The second-order valence-corrected chi connectivity index (χ2v) is 6.05. The second kappa shape index (κ2) is 10.7. The van der Waals surface area contributed by atoms with Crippen LogP contribution in [0.1, 0.15) is 28.4 Å². The Balaban J connectivity index is 1.77. The van der Waals surface area contributed by atoms with Crippen molar-refractivity contribution < 1.29 is 23.9 Å². The van der Waals surface area contributed by atoms with Crippen molar-refractivity contribution in [3.8, 4) is 0 Å². The summed E-state index contributed by atoms with van der Waals surface area (Å²) in [5.74, 6) is -1.40. The van der Waals surface area contributed by atoms with Crippen LogP contribution in [-0.2, 0) is 25.5 Å². The van der Waals surface area contributed by atoms with E-state index in [0.717, 1.165) is 5.56 Å². The third-order valence-electron chi connectivity index (χ3n) is 3.96. The second-order valence-electron chi connectivity index (χ2n) is 6.05. The lowest BCUT2D eigenvalue weighted by Gasteiger charge is -2.12. The number of ether oxygens (including phenoxy) is 2. The zero-order valence-corrected chi connectivity index (χ0v) is 15.9. The number of carbonyl (C=O) groups excluding carboxylic acids is 3. The summed E-state index contributed by atoms with van der Waals surface area (Å²) in [5, 5.41) is 2.75. The van der Waals surface area contributed by atoms with Crippen molar-refractivity contribution in [3.63, 3.8) is 0 Å². The van der Waals surface area contributed by atoms with Crippen LogP contribution in [0.5, 0.6) is 0 Å². The van der Waals surface area contributed by atoms with Crippen molar-refractivity contribution in [2.45, 2.75) is 19.4 Å². The quantitative estimate of drug-likeness (QED) is 0.562. The minimum atomic E-state index is -0.894. The lowest BCUT2D eigenvalue weighted by atomic mass is 10.1. The first kappa shape index (κ1) is 20.9. The first-order valence-electron chi connectivity index (χ1n) is 8.88. The van der Waals surface area contributed by atoms with Crippen molar-refractivity contribution >= 4 is 23.9 Å². The molecule has 0 saturated carbocycles. The van der Waals surface area contributed by atoms with Gasteiger partial charge in [0.05, 0.1) is 12.7 Å². The van der Waals surface area contributed by atoms with E-state index >= 15 is 0 Å². The number of benzene rings is 2. The molecule has 1 amide bonds. The minimum Gasteiger partial charge on any atom is -0.465 e. The number of hydrogen-bond donors (Lipinski definition) is 1. The van der Waals surface area contributed by atoms with Gasteiger partial charge < -0.3 is 14.8 Å². The van der Waals surface area contributed by atoms with Crippen molar-refractivity contribution in [1.82, 2.24) is 5.32 Å². The van der Waals surface area contributed by atoms with Gasteiger partial charge in [0.25, 0.3) is 5.91 Å². The number of amides is 1. The molecule has 0 saturated heterocycles. The van der Waals surface area contributed by atoms with Gasteiger partial charge in [-0.2, -0.15) is 0 Å². The van der Waals surface area contributed by atoms with Gasteiger partial charge >= 0.3 is 11.9 Å². The van der Waals surface area contributed by atoms with Gasteiger partial charge in [0.2, 0.25) is 0 Å². The van der Waals surface area contributed by atoms with Crippen LogP contribution in [0.2, 0.25) is 0 Å². The Kier molecular flexibility index (Phi) is 7.96. The Bertz CT molecular complexity index is 828. The average Bonchev–Trinajstić information content (AvgIpc) is 2.72. The number of rotatable bonds is 8. The largest absolute Gasteiger partial charge is 0.465 e. The molecule has 2 rings (SSSR count). The van der Waals surface area contributed by atoms with Crippen molar-refractivity contribution in [2.24, 2.45) is 0 Å². The maximum Gasteiger partial charge on any atom is 0.337 e. The molecule has 2 aromatic carbocycles. The molecule has 6 nitrogen and oxygen atoms in total. The highest BCUT2D eigenvalue weighted by Gasteiger charge is 2.15. The first-order valence-corrected chi connectivity index (χ1v) is 8.88. The molecule has 1 N–H and O–H groups in total. The summed E-state index contributed by atoms with van der Waals surface area (Å²) in [6.45, 7) is 1.99. The average molecular weight is 381 g/mol. The van der Waals surface area contributed by atoms with Crippen LogP contribution < -0.4 is 5.32 Å². The van der Waals surface area contributed by atoms with E-state index in [-0.39, 0.29) is 5.91 Å². The summed E-state index contributed by atoms with van der Waals surface area (Å²) in [4.78, 5) is 35.3. The molecule has 6 heteroatoms. The molecule has 146 valence electrons. The maximum absolute atomic E-state index is 12.0. The van der Waals surface area contributed by atoms with Crippen molar-refractivity contribution in [1.29, 1.82) is 0 Å². The van der Waals surface area contributed by atoms with Crippen LogP contribution in [0.4, 0.5) is 0 Å². The van der Waals surface area contributed by atoms with Crippen LogP contribution in [0.15, 0.2) is 60.7 Å². The van der Waals surface area contributed by atoms with E-state index < -0.39 is 18.0 Å². The smallest absolute Gasteiger partial charge is 0.337 e. The van der Waals surface area contributed by atoms with Crippen LogP contribution in [0.3, 0.4) is 0 Å². The van der Waals surface area contributed by atoms with E-state index in [1.54, 1.807) is 30.3 Å². The standard InChI is InChI=1S/C22H23NO5/c1-16(21(25)23-15-14-17-6-4-3-5-7-17)28-20(24)13-10-18-8-11-19(12-9-18)22(26)27-2/h3-13,16H,14-15H2,1-2H3,(H,23,25)/b13-10+/t16-/m0/s1. The third-order valence-corrected chi connectivity index (χ3v) is 3.96. The maximum atomic E-state index is 12.0. The topological polar surface area (TPSA) is 81.7 Å². The summed E-state index contributed by atoms with van der Waals surface area (Å²) >= 11 is 0. The SMILES string of the molecule is COC(=O)c1ccc(/C=C/C(=O)O[C@@H](C)C(=O)NCCc2ccccc2)cc1. The molecular weight excluding hydrogens is 358 g/mol. The number of methoxy groups -OCH3 is 1. The predicted octanol–water partition coefficient (Wildman–Crippen LogP) is 2.78. The molecule has 0 aromatic heterocycles. The zero-order chi connectivity index (χ0) is 20.4. The molecule has 0 heterocycles. The lowest BCUT2D eigenvalue weighted by Crippen LogP contribution is -2.36. The molecule has 0 unspecified atom stereocenters. The zero-order valence-electron chi connectivity index (χ0n) is 15.9. The fourth-order valence-corrected chi connectivity index (χ4v) is 2.40. The van der Waals surface area contributed by atoms with Crippen molar-refractivity contribution in [3.05, 3.63) is 77.4 Å². The van der Waals surface area contributed by atoms with Crippen molar-refractivity contribution in [2.75, 3.05) is 13.7 Å². The Hall–Kier alpha value is -3.41. The van der Waals surface area contributed by atoms with E-state index in [4.69, 9.17) is 4.74 Å². The number of hydrogen-bond acceptors (Lipinski definition) is 5. The molecule has 0 aliphatic rings. The highest BCUT2D eigenvalue weighted by Crippen LogP contribution is 2.08. The van der Waals surface area contributed by atoms with Crippen LogP contribution in [-0.4, -0.2) is 37.6 Å². The minimum absolute atomic E-state index is 0.347. The fraction of sp³-hybridized carbons (Fsp3) is 0.227. The Labute approximate surface area is 164 Å². The molecule has 0 fully saturated rings. The molecule has 0 bridgehead atoms. The number of esters is 2. The number of nitrogens with one attached hydrogen (secondary N) is 1. The van der Waals surface area contributed by atoms with Crippen LogP contribution in [0, 0.1) is 0 Å². The van der Waals surface area contributed by atoms with Gasteiger partial charge in [-0.05, 0) is 42.7 Å². The monoisotopic (exact) mass is 381 g/mol. The van der Waals surface area contributed by atoms with Gasteiger partial charge in [0, 0.05) is 12.6 Å². The van der Waals surface area contributed by atoms with Gasteiger partial charge in [-0.25, -0.2) is 9.59 Å². The van der Waals surface area contributed by atoms with Crippen LogP contribution >= 0.6 is 0 Å². The first-order chi connectivity index (χ1) is 13.5. The van der Waals surface area contributed by atoms with E-state index in [2.05, 4.69) is 10.1 Å². The molecule has 28 heavy (non-hydrogen) atoms. The number of carbonyl (C=O) groups is 3. The summed E-state index contributed by atoms with van der Waals surface area (Å²) < 4.78 is 9.73. The summed E-state index contributed by atoms with van der Waals surface area (Å²) in [6, 6.07) is 16.3. The Morgan fingerprint density at radius 3 is 2.36 bits per heavy atom. The fourth-order valence-electron chi connectivity index (χ4n) is 2.40. The van der Waals surface area contributed by atoms with Gasteiger partial charge in [0.1, 0.15) is 0 Å². The van der Waals surface area contributed by atoms with Gasteiger partial charge in [-0.1, -0.05) is 42.5 Å². The van der Waals surface area contributed by atoms with Gasteiger partial charge in [0.15, 0.2) is 6.10 Å². The molecule has 0 aliphatic heterocycles.